The molecule has 5 aromatic rings. The van der Waals surface area contributed by atoms with Crippen LogP contribution in [0, 0.1) is 0 Å². The number of anilines is 3. The Balaban J connectivity index is 1.08. The lowest BCUT2D eigenvalue weighted by Crippen LogP contribution is -2.25. The number of hydrogen-bond donors (Lipinski definition) is 2. The average Bonchev–Trinajstić information content (AvgIpc) is 3.67. The minimum atomic E-state index is 0.546. The first-order chi connectivity index (χ1) is 19.7. The number of likely N-dealkylation sites (tertiary alicyclic amines) is 1. The topological polar surface area (TPSA) is 75.9 Å². The zero-order valence-electron chi connectivity index (χ0n) is 22.4. The summed E-state index contributed by atoms with van der Waals surface area (Å²) in [5.74, 6) is 2.26. The molecular formula is C31H32N6O2S. The number of nitrogens with zero attached hydrogens (tertiary/aromatic N) is 4. The summed E-state index contributed by atoms with van der Waals surface area (Å²) in [4.78, 5) is 8.24. The number of pyridine rings is 1. The van der Waals surface area contributed by atoms with Gasteiger partial charge in [-0.1, -0.05) is 18.2 Å². The molecule has 6 rings (SSSR count). The minimum Gasteiger partial charge on any atom is -0.497 e. The molecule has 0 bridgehead atoms. The van der Waals surface area contributed by atoms with E-state index in [1.165, 1.54) is 25.9 Å². The molecule has 0 aliphatic carbocycles. The lowest BCUT2D eigenvalue weighted by atomic mass is 10.1. The van der Waals surface area contributed by atoms with Crippen molar-refractivity contribution in [3.8, 4) is 22.8 Å². The molecule has 0 saturated carbocycles. The van der Waals surface area contributed by atoms with E-state index < -0.39 is 0 Å². The van der Waals surface area contributed by atoms with E-state index in [2.05, 4.69) is 44.2 Å². The molecule has 1 aliphatic rings. The first-order valence-corrected chi connectivity index (χ1v) is 14.3. The van der Waals surface area contributed by atoms with Gasteiger partial charge in [0.15, 0.2) is 5.65 Å². The van der Waals surface area contributed by atoms with Gasteiger partial charge < -0.3 is 19.5 Å². The molecule has 40 heavy (non-hydrogen) atoms. The van der Waals surface area contributed by atoms with E-state index in [1.807, 2.05) is 71.2 Å². The molecule has 2 aromatic heterocycles. The zero-order valence-corrected chi connectivity index (χ0v) is 23.2. The van der Waals surface area contributed by atoms with Crippen LogP contribution in [-0.2, 0) is 0 Å². The number of hydrogen-bond acceptors (Lipinski definition) is 8. The van der Waals surface area contributed by atoms with Crippen LogP contribution in [0.3, 0.4) is 0 Å². The normalized spacial score (nSPS) is 13.4. The van der Waals surface area contributed by atoms with E-state index in [1.54, 1.807) is 19.1 Å². The van der Waals surface area contributed by atoms with Crippen LogP contribution < -0.4 is 19.5 Å². The van der Waals surface area contributed by atoms with Gasteiger partial charge in [-0.05, 0) is 111 Å². The Kier molecular flexibility index (Phi) is 8.02. The van der Waals surface area contributed by atoms with Crippen LogP contribution in [0.25, 0.3) is 16.9 Å². The first kappa shape index (κ1) is 26.0. The monoisotopic (exact) mass is 552 g/mol. The van der Waals surface area contributed by atoms with Crippen LogP contribution in [-0.4, -0.2) is 52.8 Å². The van der Waals surface area contributed by atoms with Gasteiger partial charge in [-0.15, -0.1) is 5.10 Å². The number of fused-ring (bicyclic) bond motifs is 1. The van der Waals surface area contributed by atoms with Gasteiger partial charge in [0.25, 0.3) is 0 Å². The highest BCUT2D eigenvalue weighted by Crippen LogP contribution is 2.27. The summed E-state index contributed by atoms with van der Waals surface area (Å²) in [6.07, 6.45) is 2.60. The lowest BCUT2D eigenvalue weighted by molar-refractivity contribution is 0.238. The van der Waals surface area contributed by atoms with E-state index in [-0.39, 0.29) is 0 Å². The van der Waals surface area contributed by atoms with Gasteiger partial charge in [-0.2, -0.15) is 4.98 Å². The van der Waals surface area contributed by atoms with Crippen LogP contribution >= 0.6 is 11.9 Å². The van der Waals surface area contributed by atoms with Crippen molar-refractivity contribution in [3.63, 3.8) is 0 Å². The van der Waals surface area contributed by atoms with E-state index in [0.717, 1.165) is 51.2 Å². The van der Waals surface area contributed by atoms with Crippen molar-refractivity contribution >= 4 is 34.9 Å². The summed E-state index contributed by atoms with van der Waals surface area (Å²) in [6.45, 7) is 4.07. The zero-order chi connectivity index (χ0) is 27.1. The van der Waals surface area contributed by atoms with Crippen molar-refractivity contribution in [2.24, 2.45) is 0 Å². The van der Waals surface area contributed by atoms with Crippen molar-refractivity contribution in [3.05, 3.63) is 91.0 Å². The van der Waals surface area contributed by atoms with Crippen molar-refractivity contribution in [2.45, 2.75) is 17.7 Å². The Bertz CT molecular complexity index is 1530. The molecule has 3 aromatic carbocycles. The van der Waals surface area contributed by atoms with E-state index >= 15 is 0 Å². The molecule has 0 unspecified atom stereocenters. The highest BCUT2D eigenvalue weighted by Gasteiger charge is 2.12. The highest BCUT2D eigenvalue weighted by atomic mass is 32.2. The van der Waals surface area contributed by atoms with Crippen molar-refractivity contribution in [1.29, 1.82) is 0 Å². The van der Waals surface area contributed by atoms with E-state index in [9.17, 15) is 0 Å². The fourth-order valence-electron chi connectivity index (χ4n) is 4.71. The fraction of sp³-hybridized carbons (Fsp3) is 0.226. The summed E-state index contributed by atoms with van der Waals surface area (Å²) in [7, 11) is 1.67. The van der Waals surface area contributed by atoms with Gasteiger partial charge in [0, 0.05) is 28.4 Å². The maximum atomic E-state index is 5.93. The molecule has 0 spiro atoms. The van der Waals surface area contributed by atoms with Crippen molar-refractivity contribution < 1.29 is 9.47 Å². The predicted octanol–water partition coefficient (Wildman–Crippen LogP) is 6.74. The first-order valence-electron chi connectivity index (χ1n) is 13.5. The molecule has 204 valence electrons. The molecular weight excluding hydrogens is 520 g/mol. The van der Waals surface area contributed by atoms with Gasteiger partial charge in [-0.3, -0.25) is 4.90 Å². The number of rotatable bonds is 11. The maximum Gasteiger partial charge on any atom is 0.247 e. The molecule has 0 amide bonds. The third-order valence-corrected chi connectivity index (χ3v) is 7.72. The molecule has 1 fully saturated rings. The second-order valence-corrected chi connectivity index (χ2v) is 10.5. The summed E-state index contributed by atoms with van der Waals surface area (Å²) < 4.78 is 16.4. The number of benzene rings is 3. The Morgan fingerprint density at radius 3 is 2.30 bits per heavy atom. The molecule has 1 aliphatic heterocycles. The van der Waals surface area contributed by atoms with Crippen LogP contribution in [0.5, 0.6) is 11.5 Å². The van der Waals surface area contributed by atoms with Gasteiger partial charge in [0.05, 0.1) is 12.8 Å². The summed E-state index contributed by atoms with van der Waals surface area (Å²) in [5.41, 5.74) is 4.72. The van der Waals surface area contributed by atoms with E-state index in [0.29, 0.717) is 12.6 Å². The van der Waals surface area contributed by atoms with Crippen molar-refractivity contribution in [1.82, 2.24) is 19.5 Å². The summed E-state index contributed by atoms with van der Waals surface area (Å²) in [6, 6.07) is 30.2. The molecule has 8 nitrogen and oxygen atoms in total. The van der Waals surface area contributed by atoms with Crippen LogP contribution in [0.15, 0.2) is 95.9 Å². The van der Waals surface area contributed by atoms with Gasteiger partial charge in [0.1, 0.15) is 18.1 Å². The lowest BCUT2D eigenvalue weighted by Gasteiger charge is -2.15. The quantitative estimate of drug-likeness (QED) is 0.175. The van der Waals surface area contributed by atoms with Gasteiger partial charge in [0.2, 0.25) is 5.95 Å². The largest absolute Gasteiger partial charge is 0.497 e. The minimum absolute atomic E-state index is 0.546. The summed E-state index contributed by atoms with van der Waals surface area (Å²) >= 11 is 1.56. The molecule has 0 atom stereocenters. The second kappa shape index (κ2) is 12.3. The summed E-state index contributed by atoms with van der Waals surface area (Å²) in [5, 5.41) is 8.06. The highest BCUT2D eigenvalue weighted by molar-refractivity contribution is 8.00. The van der Waals surface area contributed by atoms with Crippen molar-refractivity contribution in [2.75, 3.05) is 43.4 Å². The molecule has 1 saturated heterocycles. The second-order valence-electron chi connectivity index (χ2n) is 9.62. The van der Waals surface area contributed by atoms with Crippen LogP contribution in [0.2, 0.25) is 0 Å². The number of methoxy groups -OCH3 is 1. The SMILES string of the molecule is COc1ccc(SNc2ccc(-c3cccc4nc(Nc5ccc(OCCN6CCCC6)cc5)nn34)cc2)cc1. The molecule has 3 heterocycles. The molecule has 2 N–H and O–H groups in total. The number of aromatic nitrogens is 3. The Morgan fingerprint density at radius 2 is 1.55 bits per heavy atom. The smallest absolute Gasteiger partial charge is 0.247 e. The standard InChI is InChI=1S/C31H32N6O2S/c1-38-26-15-17-28(18-16-26)40-35-25-9-7-23(8-10-25)29-5-4-6-30-33-31(34-37(29)30)32-24-11-13-27(14-12-24)39-22-21-36-19-2-3-20-36/h4-18,35H,2-3,19-22H2,1H3,(H,32,34). The van der Waals surface area contributed by atoms with Crippen LogP contribution in [0.1, 0.15) is 12.8 Å². The maximum absolute atomic E-state index is 5.93. The average molecular weight is 553 g/mol. The predicted molar refractivity (Wildman–Crippen MR) is 162 cm³/mol. The van der Waals surface area contributed by atoms with E-state index in [4.69, 9.17) is 14.6 Å². The third-order valence-electron chi connectivity index (χ3n) is 6.87. The van der Waals surface area contributed by atoms with Gasteiger partial charge >= 0.3 is 0 Å². The Morgan fingerprint density at radius 1 is 0.825 bits per heavy atom. The van der Waals surface area contributed by atoms with Crippen LogP contribution in [0.4, 0.5) is 17.3 Å². The third kappa shape index (κ3) is 6.32. The van der Waals surface area contributed by atoms with Gasteiger partial charge in [-0.25, -0.2) is 4.52 Å². The molecule has 0 radical (unpaired) electrons. The molecule has 9 heteroatoms. The Hall–Kier alpha value is -4.21. The number of nitrogens with one attached hydrogen (secondary N) is 2. The number of ether oxygens (including phenoxy) is 2. The Labute approximate surface area is 238 Å². The fourth-order valence-corrected chi connectivity index (χ4v) is 5.35.